The van der Waals surface area contributed by atoms with E-state index in [1.54, 1.807) is 0 Å². The number of hydrogen-bond donors (Lipinski definition) is 2. The van der Waals surface area contributed by atoms with Gasteiger partial charge in [0.25, 0.3) is 5.92 Å². The largest absolute Gasteiger partial charge is 0.398 e. The van der Waals surface area contributed by atoms with E-state index in [4.69, 9.17) is 5.73 Å². The summed E-state index contributed by atoms with van der Waals surface area (Å²) in [4.78, 5) is 0. The van der Waals surface area contributed by atoms with Gasteiger partial charge in [-0.1, -0.05) is 18.2 Å². The molecule has 1 atom stereocenters. The van der Waals surface area contributed by atoms with Crippen LogP contribution >= 0.6 is 0 Å². The van der Waals surface area contributed by atoms with Crippen LogP contribution in [0.4, 0.5) is 14.5 Å². The van der Waals surface area contributed by atoms with E-state index in [9.17, 15) is 8.78 Å². The number of alkyl halides is 2. The molecule has 0 heterocycles. The van der Waals surface area contributed by atoms with Crippen molar-refractivity contribution in [1.82, 2.24) is 5.32 Å². The fourth-order valence-electron chi connectivity index (χ4n) is 1.91. The van der Waals surface area contributed by atoms with Crippen LogP contribution in [0.25, 0.3) is 0 Å². The van der Waals surface area contributed by atoms with Crippen LogP contribution in [0.1, 0.15) is 18.1 Å². The molecule has 1 rings (SSSR count). The van der Waals surface area contributed by atoms with Crippen molar-refractivity contribution in [3.05, 3.63) is 29.3 Å². The third kappa shape index (κ3) is 5.12. The second-order valence-corrected chi connectivity index (χ2v) is 4.92. The van der Waals surface area contributed by atoms with Gasteiger partial charge in [0.2, 0.25) is 0 Å². The van der Waals surface area contributed by atoms with Crippen molar-refractivity contribution < 1.29 is 13.5 Å². The Bertz CT molecular complexity index is 410. The van der Waals surface area contributed by atoms with Gasteiger partial charge in [-0.3, -0.25) is 0 Å². The van der Waals surface area contributed by atoms with Crippen LogP contribution in [0.3, 0.4) is 0 Å². The Kier molecular flexibility index (Phi) is 5.69. The molecule has 1 aromatic rings. The molecule has 0 aliphatic carbocycles. The van der Waals surface area contributed by atoms with Gasteiger partial charge in [-0.25, -0.2) is 8.78 Å². The second kappa shape index (κ2) is 6.82. The minimum absolute atomic E-state index is 0.0770. The topological polar surface area (TPSA) is 47.3 Å². The van der Waals surface area contributed by atoms with E-state index >= 15 is 0 Å². The van der Waals surface area contributed by atoms with E-state index in [-0.39, 0.29) is 6.04 Å². The Morgan fingerprint density at radius 3 is 2.74 bits per heavy atom. The maximum Gasteiger partial charge on any atom is 0.283 e. The predicted molar refractivity (Wildman–Crippen MR) is 73.6 cm³/mol. The normalized spacial score (nSPS) is 13.5. The molecule has 0 fully saturated rings. The average molecular weight is 272 g/mol. The molecule has 19 heavy (non-hydrogen) atoms. The highest BCUT2D eigenvalue weighted by atomic mass is 19.3. The molecule has 0 saturated carbocycles. The molecule has 0 aromatic heterocycles. The van der Waals surface area contributed by atoms with Crippen LogP contribution in [-0.4, -0.2) is 32.2 Å². The SMILES string of the molecule is COCC(F)(F)CNC(C)Cc1cccc(C)c1N. The maximum atomic E-state index is 13.3. The number of halogens is 2. The zero-order valence-electron chi connectivity index (χ0n) is 11.7. The minimum Gasteiger partial charge on any atom is -0.398 e. The molecule has 1 unspecified atom stereocenters. The lowest BCUT2D eigenvalue weighted by atomic mass is 10.0. The fourth-order valence-corrected chi connectivity index (χ4v) is 1.91. The van der Waals surface area contributed by atoms with Gasteiger partial charge in [0.05, 0.1) is 6.54 Å². The smallest absolute Gasteiger partial charge is 0.283 e. The number of nitrogen functional groups attached to an aromatic ring is 1. The van der Waals surface area contributed by atoms with E-state index in [0.717, 1.165) is 16.8 Å². The van der Waals surface area contributed by atoms with Crippen LogP contribution in [0.2, 0.25) is 0 Å². The lowest BCUT2D eigenvalue weighted by molar-refractivity contribution is -0.0629. The lowest BCUT2D eigenvalue weighted by Crippen LogP contribution is -2.41. The van der Waals surface area contributed by atoms with E-state index in [2.05, 4.69) is 10.1 Å². The third-order valence-electron chi connectivity index (χ3n) is 3.01. The standard InChI is InChI=1S/C14H22F2N2O/c1-10-5-4-6-12(13(10)17)7-11(2)18-8-14(15,16)9-19-3/h4-6,11,18H,7-9,17H2,1-3H3. The Morgan fingerprint density at radius 2 is 2.11 bits per heavy atom. The van der Waals surface area contributed by atoms with Crippen molar-refractivity contribution in [2.75, 3.05) is 26.0 Å². The van der Waals surface area contributed by atoms with Gasteiger partial charge in [0.1, 0.15) is 6.61 Å². The second-order valence-electron chi connectivity index (χ2n) is 4.92. The van der Waals surface area contributed by atoms with Gasteiger partial charge in [0.15, 0.2) is 0 Å². The van der Waals surface area contributed by atoms with Crippen molar-refractivity contribution in [2.24, 2.45) is 0 Å². The Labute approximate surface area is 113 Å². The molecule has 5 heteroatoms. The molecule has 0 radical (unpaired) electrons. The molecule has 0 aliphatic rings. The van der Waals surface area contributed by atoms with Gasteiger partial charge in [-0.05, 0) is 31.4 Å². The summed E-state index contributed by atoms with van der Waals surface area (Å²) < 4.78 is 31.0. The first-order valence-electron chi connectivity index (χ1n) is 6.30. The summed E-state index contributed by atoms with van der Waals surface area (Å²) in [7, 11) is 1.27. The molecule has 0 bridgehead atoms. The highest BCUT2D eigenvalue weighted by molar-refractivity contribution is 5.53. The Balaban J connectivity index is 2.51. The summed E-state index contributed by atoms with van der Waals surface area (Å²) in [6.45, 7) is 2.83. The van der Waals surface area contributed by atoms with Gasteiger partial charge in [0, 0.05) is 18.8 Å². The number of rotatable bonds is 7. The summed E-state index contributed by atoms with van der Waals surface area (Å²) in [6, 6.07) is 5.71. The van der Waals surface area contributed by atoms with Crippen molar-refractivity contribution in [3.8, 4) is 0 Å². The number of methoxy groups -OCH3 is 1. The minimum atomic E-state index is -2.85. The summed E-state index contributed by atoms with van der Waals surface area (Å²) in [5.41, 5.74) is 8.69. The molecule has 0 aliphatic heterocycles. The third-order valence-corrected chi connectivity index (χ3v) is 3.01. The predicted octanol–water partition coefficient (Wildman–Crippen LogP) is 2.38. The molecule has 1 aromatic carbocycles. The molecule has 0 saturated heterocycles. The highest BCUT2D eigenvalue weighted by Gasteiger charge is 2.28. The van der Waals surface area contributed by atoms with E-state index in [1.165, 1.54) is 7.11 Å². The first kappa shape index (κ1) is 15.9. The van der Waals surface area contributed by atoms with Crippen molar-refractivity contribution in [3.63, 3.8) is 0 Å². The molecule has 108 valence electrons. The van der Waals surface area contributed by atoms with Gasteiger partial charge in [-0.15, -0.1) is 0 Å². The maximum absolute atomic E-state index is 13.3. The van der Waals surface area contributed by atoms with Crippen molar-refractivity contribution in [2.45, 2.75) is 32.2 Å². The van der Waals surface area contributed by atoms with Crippen LogP contribution in [0.5, 0.6) is 0 Å². The summed E-state index contributed by atoms with van der Waals surface area (Å²) in [5, 5.41) is 2.82. The Morgan fingerprint density at radius 1 is 1.42 bits per heavy atom. The van der Waals surface area contributed by atoms with Gasteiger partial charge >= 0.3 is 0 Å². The number of aryl methyl sites for hydroxylation is 1. The number of anilines is 1. The first-order valence-corrected chi connectivity index (χ1v) is 6.30. The quantitative estimate of drug-likeness (QED) is 0.749. The number of ether oxygens (including phenoxy) is 1. The van der Waals surface area contributed by atoms with Crippen LogP contribution in [-0.2, 0) is 11.2 Å². The fraction of sp³-hybridized carbons (Fsp3) is 0.571. The molecular weight excluding hydrogens is 250 g/mol. The molecular formula is C14H22F2N2O. The summed E-state index contributed by atoms with van der Waals surface area (Å²) in [6.07, 6.45) is 0.622. The number of benzene rings is 1. The first-order chi connectivity index (χ1) is 8.85. The van der Waals surface area contributed by atoms with Crippen LogP contribution in [0.15, 0.2) is 18.2 Å². The number of para-hydroxylation sites is 1. The number of nitrogens with one attached hydrogen (secondary N) is 1. The van der Waals surface area contributed by atoms with Crippen LogP contribution in [0, 0.1) is 6.92 Å². The molecule has 3 nitrogen and oxygen atoms in total. The van der Waals surface area contributed by atoms with Crippen molar-refractivity contribution >= 4 is 5.69 Å². The molecule has 0 amide bonds. The highest BCUT2D eigenvalue weighted by Crippen LogP contribution is 2.18. The Hall–Kier alpha value is -1.20. The summed E-state index contributed by atoms with van der Waals surface area (Å²) in [5.74, 6) is -2.85. The van der Waals surface area contributed by atoms with Gasteiger partial charge in [-0.2, -0.15) is 0 Å². The monoisotopic (exact) mass is 272 g/mol. The average Bonchev–Trinajstić information content (AvgIpc) is 2.33. The van der Waals surface area contributed by atoms with Gasteiger partial charge < -0.3 is 15.8 Å². The van der Waals surface area contributed by atoms with E-state index in [0.29, 0.717) is 6.42 Å². The summed E-state index contributed by atoms with van der Waals surface area (Å²) >= 11 is 0. The zero-order valence-corrected chi connectivity index (χ0v) is 11.7. The van der Waals surface area contributed by atoms with Crippen molar-refractivity contribution in [1.29, 1.82) is 0 Å². The van der Waals surface area contributed by atoms with E-state index < -0.39 is 19.1 Å². The lowest BCUT2D eigenvalue weighted by Gasteiger charge is -2.20. The molecule has 3 N–H and O–H groups in total. The van der Waals surface area contributed by atoms with E-state index in [1.807, 2.05) is 32.0 Å². The molecule has 0 spiro atoms. The van der Waals surface area contributed by atoms with Crippen LogP contribution < -0.4 is 11.1 Å². The number of nitrogens with two attached hydrogens (primary N) is 1. The number of hydrogen-bond acceptors (Lipinski definition) is 3. The zero-order chi connectivity index (χ0) is 14.5.